The lowest BCUT2D eigenvalue weighted by atomic mass is 9.68. The van der Waals surface area contributed by atoms with Crippen molar-refractivity contribution in [1.82, 2.24) is 0 Å². The molecule has 1 saturated carbocycles. The zero-order valence-corrected chi connectivity index (χ0v) is 27.1. The molecule has 9 heteroatoms. The van der Waals surface area contributed by atoms with Crippen LogP contribution in [0.4, 0.5) is 5.69 Å². The number of nitrogens with zero attached hydrogens (tertiary/aromatic N) is 1. The van der Waals surface area contributed by atoms with Crippen molar-refractivity contribution < 1.29 is 24.6 Å². The Morgan fingerprint density at radius 2 is 1.44 bits per heavy atom. The number of halogens is 2. The Balaban J connectivity index is 0.000000203. The summed E-state index contributed by atoms with van der Waals surface area (Å²) < 4.78 is 0. The number of benzene rings is 3. The van der Waals surface area contributed by atoms with Crippen LogP contribution < -0.4 is 5.32 Å². The highest BCUT2D eigenvalue weighted by atomic mass is 35.5. The van der Waals surface area contributed by atoms with Gasteiger partial charge in [-0.3, -0.25) is 14.4 Å². The molecule has 1 amide bonds. The summed E-state index contributed by atoms with van der Waals surface area (Å²) in [7, 11) is 0. The number of allylic oxidation sites excluding steroid dienone is 2. The molecule has 1 fully saturated rings. The van der Waals surface area contributed by atoms with Crippen LogP contribution >= 0.6 is 24.0 Å². The molecule has 0 saturated heterocycles. The van der Waals surface area contributed by atoms with E-state index in [0.717, 1.165) is 31.2 Å². The number of carbonyl (C=O) groups excluding carboxylic acids is 3. The first-order chi connectivity index (χ1) is 20.9. The number of benzodiazepines with no additional fused rings is 1. The van der Waals surface area contributed by atoms with Crippen LogP contribution in [0.3, 0.4) is 0 Å². The van der Waals surface area contributed by atoms with Crippen molar-refractivity contribution in [2.75, 3.05) is 5.32 Å². The molecule has 7 nitrogen and oxygen atoms in total. The van der Waals surface area contributed by atoms with E-state index in [1.54, 1.807) is 42.5 Å². The Morgan fingerprint density at radius 1 is 0.844 bits per heavy atom. The highest BCUT2D eigenvalue weighted by Crippen LogP contribution is 2.42. The van der Waals surface area contributed by atoms with Gasteiger partial charge < -0.3 is 15.5 Å². The average molecular weight is 650 g/mol. The first-order valence-electron chi connectivity index (χ1n) is 15.0. The molecule has 3 aromatic carbocycles. The minimum atomic E-state index is -1.43. The van der Waals surface area contributed by atoms with Crippen LogP contribution in [-0.4, -0.2) is 39.6 Å². The number of anilines is 1. The number of aliphatic hydroxyl groups is 2. The maximum absolute atomic E-state index is 12.7. The molecular formula is C36H38Cl2N2O5. The SMILES string of the molecule is CC(C)(C)C1CCC(CC2=C(O)C(=O)c3ccccc3C2=O)CC1.Cl.O=C1Nc2ccc(Cl)cc2C(c2ccccc2)=NC1O. The fraction of sp³-hybridized carbons (Fsp3) is 0.333. The van der Waals surface area contributed by atoms with Crippen LogP contribution in [-0.2, 0) is 4.79 Å². The van der Waals surface area contributed by atoms with Gasteiger partial charge in [0.2, 0.25) is 12.0 Å². The van der Waals surface area contributed by atoms with E-state index >= 15 is 0 Å². The predicted octanol–water partition coefficient (Wildman–Crippen LogP) is 7.99. The Bertz CT molecular complexity index is 1650. The van der Waals surface area contributed by atoms with E-state index in [1.807, 2.05) is 30.3 Å². The molecule has 3 N–H and O–H groups in total. The Kier molecular flexibility index (Phi) is 10.7. The fourth-order valence-corrected chi connectivity index (χ4v) is 6.39. The summed E-state index contributed by atoms with van der Waals surface area (Å²) in [5, 5.41) is 23.3. The van der Waals surface area contributed by atoms with Gasteiger partial charge in [0.15, 0.2) is 11.5 Å². The smallest absolute Gasteiger partial charge is 0.276 e. The number of aliphatic imine (C=N–C) groups is 1. The van der Waals surface area contributed by atoms with Gasteiger partial charge in [0.25, 0.3) is 5.91 Å². The zero-order valence-electron chi connectivity index (χ0n) is 25.5. The van der Waals surface area contributed by atoms with Crippen molar-refractivity contribution in [2.45, 2.75) is 59.1 Å². The van der Waals surface area contributed by atoms with Crippen molar-refractivity contribution in [2.24, 2.45) is 22.2 Å². The topological polar surface area (TPSA) is 116 Å². The summed E-state index contributed by atoms with van der Waals surface area (Å²) in [6, 6.07) is 21.2. The van der Waals surface area contributed by atoms with Gasteiger partial charge in [-0.25, -0.2) is 4.99 Å². The van der Waals surface area contributed by atoms with Crippen LogP contribution in [0.15, 0.2) is 89.1 Å². The Labute approximate surface area is 274 Å². The number of fused-ring (bicyclic) bond motifs is 2. The van der Waals surface area contributed by atoms with Gasteiger partial charge in [0.05, 0.1) is 11.4 Å². The molecule has 3 aromatic rings. The van der Waals surface area contributed by atoms with Crippen molar-refractivity contribution in [1.29, 1.82) is 0 Å². The lowest BCUT2D eigenvalue weighted by molar-refractivity contribution is -0.123. The zero-order chi connectivity index (χ0) is 31.6. The van der Waals surface area contributed by atoms with E-state index in [4.69, 9.17) is 11.6 Å². The lowest BCUT2D eigenvalue weighted by Crippen LogP contribution is -2.28. The molecule has 3 aliphatic rings. The third-order valence-electron chi connectivity index (χ3n) is 8.78. The molecule has 45 heavy (non-hydrogen) atoms. The number of nitrogens with one attached hydrogen (secondary N) is 1. The molecule has 0 bridgehead atoms. The van der Waals surface area contributed by atoms with Crippen molar-refractivity contribution >= 4 is 52.9 Å². The monoisotopic (exact) mass is 648 g/mol. The number of aliphatic hydroxyl groups excluding tert-OH is 2. The third-order valence-corrected chi connectivity index (χ3v) is 9.02. The average Bonchev–Trinajstić information content (AvgIpc) is 3.14. The normalized spacial score (nSPS) is 21.2. The summed E-state index contributed by atoms with van der Waals surface area (Å²) in [6.07, 6.45) is 3.50. The van der Waals surface area contributed by atoms with Gasteiger partial charge in [-0.1, -0.05) is 87.0 Å². The van der Waals surface area contributed by atoms with Gasteiger partial charge in [-0.15, -0.1) is 12.4 Å². The summed E-state index contributed by atoms with van der Waals surface area (Å²) in [4.78, 5) is 40.9. The number of rotatable bonds is 3. The number of Topliss-reactive ketones (excluding diaryl/α,β-unsaturated/α-hetero) is 2. The van der Waals surface area contributed by atoms with Crippen LogP contribution in [0, 0.1) is 17.3 Å². The van der Waals surface area contributed by atoms with E-state index in [1.165, 1.54) is 0 Å². The van der Waals surface area contributed by atoms with Crippen molar-refractivity contribution in [3.8, 4) is 0 Å². The number of hydrogen-bond donors (Lipinski definition) is 3. The number of hydrogen-bond acceptors (Lipinski definition) is 6. The molecule has 1 aliphatic heterocycles. The fourth-order valence-electron chi connectivity index (χ4n) is 6.22. The molecule has 1 unspecified atom stereocenters. The quantitative estimate of drug-likeness (QED) is 0.266. The third kappa shape index (κ3) is 7.55. The first kappa shape index (κ1) is 34.1. The Morgan fingerprint density at radius 3 is 2.07 bits per heavy atom. The summed E-state index contributed by atoms with van der Waals surface area (Å²) >= 11 is 6.03. The van der Waals surface area contributed by atoms with Crippen LogP contribution in [0.25, 0.3) is 0 Å². The van der Waals surface area contributed by atoms with Crippen LogP contribution in [0.5, 0.6) is 0 Å². The maximum Gasteiger partial charge on any atom is 0.276 e. The molecule has 236 valence electrons. The number of ketones is 2. The molecule has 0 radical (unpaired) electrons. The van der Waals surface area contributed by atoms with Crippen LogP contribution in [0.1, 0.15) is 84.7 Å². The van der Waals surface area contributed by atoms with E-state index in [-0.39, 0.29) is 23.9 Å². The van der Waals surface area contributed by atoms with Crippen molar-refractivity contribution in [3.63, 3.8) is 0 Å². The largest absolute Gasteiger partial charge is 0.504 e. The van der Waals surface area contributed by atoms with E-state index < -0.39 is 17.9 Å². The predicted molar refractivity (Wildman–Crippen MR) is 180 cm³/mol. The molecule has 1 heterocycles. The molecule has 0 aromatic heterocycles. The standard InChI is InChI=1S/C21H26O3.C15H11ClN2O2.ClH/c1-21(2,3)14-10-8-13(9-11-14)12-17-18(22)15-6-4-5-7-16(15)19(23)20(17)24;16-10-6-7-12-11(8-10)13(9-4-2-1-3-5-9)18-15(20)14(19)17-12;/h4-7,13-14,24H,8-12H2,1-3H3;1-8,15,20H,(H,17,19);1H. The van der Waals surface area contributed by atoms with E-state index in [2.05, 4.69) is 31.1 Å². The van der Waals surface area contributed by atoms with E-state index in [9.17, 15) is 24.6 Å². The number of carbonyl (C=O) groups is 3. The van der Waals surface area contributed by atoms with E-state index in [0.29, 0.717) is 62.4 Å². The van der Waals surface area contributed by atoms with Gasteiger partial charge in [0.1, 0.15) is 0 Å². The van der Waals surface area contributed by atoms with Crippen molar-refractivity contribution in [3.05, 3.63) is 111 Å². The maximum atomic E-state index is 12.7. The highest BCUT2D eigenvalue weighted by molar-refractivity contribution is 6.32. The molecular weight excluding hydrogens is 611 g/mol. The minimum Gasteiger partial charge on any atom is -0.504 e. The first-order valence-corrected chi connectivity index (χ1v) is 15.3. The Hall–Kier alpha value is -3.78. The molecule has 2 aliphatic carbocycles. The second kappa shape index (κ2) is 14.1. The number of amides is 1. The second-order valence-electron chi connectivity index (χ2n) is 12.7. The minimum absolute atomic E-state index is 0. The molecule has 6 rings (SSSR count). The van der Waals surface area contributed by atoms with Gasteiger partial charge in [-0.05, 0) is 67.6 Å². The van der Waals surface area contributed by atoms with Gasteiger partial charge in [-0.2, -0.15) is 0 Å². The lowest BCUT2D eigenvalue weighted by Gasteiger charge is -2.37. The summed E-state index contributed by atoms with van der Waals surface area (Å²) in [6.45, 7) is 6.85. The molecule has 0 spiro atoms. The van der Waals surface area contributed by atoms with Gasteiger partial charge >= 0.3 is 0 Å². The second-order valence-corrected chi connectivity index (χ2v) is 13.2. The molecule has 1 atom stereocenters. The summed E-state index contributed by atoms with van der Waals surface area (Å²) in [5.74, 6) is -0.399. The van der Waals surface area contributed by atoms with Crippen LogP contribution in [0.2, 0.25) is 5.02 Å². The summed E-state index contributed by atoms with van der Waals surface area (Å²) in [5.41, 5.74) is 4.01. The highest BCUT2D eigenvalue weighted by Gasteiger charge is 2.35. The van der Waals surface area contributed by atoms with Gasteiger partial charge in [0, 0.05) is 32.8 Å².